The van der Waals surface area contributed by atoms with Crippen LogP contribution in [0.2, 0.25) is 0 Å². The Bertz CT molecular complexity index is 533. The number of nitrogens with zero attached hydrogens (tertiary/aromatic N) is 1. The molecule has 2 aliphatic rings. The van der Waals surface area contributed by atoms with Crippen LogP contribution in [-0.4, -0.2) is 27.9 Å². The third-order valence-electron chi connectivity index (χ3n) is 4.54. The summed E-state index contributed by atoms with van der Waals surface area (Å²) < 4.78 is 0. The van der Waals surface area contributed by atoms with Gasteiger partial charge in [-0.25, -0.2) is 0 Å². The minimum atomic E-state index is -0.847. The average Bonchev–Trinajstić information content (AvgIpc) is 3.23. The highest BCUT2D eigenvalue weighted by Crippen LogP contribution is 2.59. The van der Waals surface area contributed by atoms with Crippen LogP contribution in [-0.2, 0) is 16.1 Å². The molecule has 0 saturated heterocycles. The first-order valence-corrected chi connectivity index (χ1v) is 7.86. The fourth-order valence-electron chi connectivity index (χ4n) is 3.08. The summed E-state index contributed by atoms with van der Waals surface area (Å²) in [6, 6.07) is 4.33. The van der Waals surface area contributed by atoms with Gasteiger partial charge in [-0.05, 0) is 29.7 Å². The Balaban J connectivity index is 1.75. The van der Waals surface area contributed by atoms with Gasteiger partial charge in [-0.3, -0.25) is 9.59 Å². The van der Waals surface area contributed by atoms with Gasteiger partial charge in [-0.2, -0.15) is 0 Å². The van der Waals surface area contributed by atoms with Gasteiger partial charge in [0, 0.05) is 10.9 Å². The highest BCUT2D eigenvalue weighted by atomic mass is 32.1. The van der Waals surface area contributed by atoms with Crippen LogP contribution in [0.5, 0.6) is 0 Å². The Labute approximate surface area is 122 Å². The Morgan fingerprint density at radius 2 is 2.10 bits per heavy atom. The van der Waals surface area contributed by atoms with E-state index in [1.807, 2.05) is 36.3 Å². The van der Waals surface area contributed by atoms with Crippen LogP contribution >= 0.6 is 11.3 Å². The van der Waals surface area contributed by atoms with Crippen molar-refractivity contribution in [2.24, 2.45) is 17.3 Å². The molecular weight excluding hydrogens is 274 g/mol. The number of hydrogen-bond acceptors (Lipinski definition) is 3. The lowest BCUT2D eigenvalue weighted by Crippen LogP contribution is -2.35. The van der Waals surface area contributed by atoms with E-state index < -0.39 is 17.3 Å². The summed E-state index contributed by atoms with van der Waals surface area (Å²) in [4.78, 5) is 27.0. The number of rotatable bonds is 5. The van der Waals surface area contributed by atoms with E-state index in [9.17, 15) is 14.7 Å². The van der Waals surface area contributed by atoms with Crippen LogP contribution in [0.1, 0.15) is 31.6 Å². The summed E-state index contributed by atoms with van der Waals surface area (Å²) in [6.07, 6.45) is 2.09. The van der Waals surface area contributed by atoms with Gasteiger partial charge in [0.2, 0.25) is 5.91 Å². The molecule has 2 atom stereocenters. The smallest absolute Gasteiger partial charge is 0.307 e. The first kappa shape index (κ1) is 13.6. The Morgan fingerprint density at radius 3 is 2.55 bits per heavy atom. The first-order chi connectivity index (χ1) is 9.43. The number of amides is 1. The summed E-state index contributed by atoms with van der Waals surface area (Å²) in [5.74, 6) is -1.71. The second-order valence-corrected chi connectivity index (χ2v) is 7.42. The Kier molecular flexibility index (Phi) is 3.12. The number of carboxylic acids is 1. The molecule has 0 unspecified atom stereocenters. The third-order valence-corrected chi connectivity index (χ3v) is 5.40. The van der Waals surface area contributed by atoms with Gasteiger partial charge in [-0.15, -0.1) is 11.3 Å². The summed E-state index contributed by atoms with van der Waals surface area (Å²) in [5, 5.41) is 11.2. The second kappa shape index (κ2) is 4.58. The summed E-state index contributed by atoms with van der Waals surface area (Å²) in [7, 11) is 0. The van der Waals surface area contributed by atoms with E-state index in [-0.39, 0.29) is 11.8 Å². The zero-order valence-corrected chi connectivity index (χ0v) is 12.5. The SMILES string of the molecule is CC1(C)[C@H](C(=O)O)[C@@H]1C(=O)N(Cc1cccs1)C1CC1. The van der Waals surface area contributed by atoms with Crippen molar-refractivity contribution in [2.45, 2.75) is 39.3 Å². The number of aliphatic carboxylic acids is 1. The monoisotopic (exact) mass is 293 g/mol. The Morgan fingerprint density at radius 1 is 1.40 bits per heavy atom. The molecule has 5 heteroatoms. The zero-order valence-electron chi connectivity index (χ0n) is 11.7. The fraction of sp³-hybridized carbons (Fsp3) is 0.600. The normalized spacial score (nSPS) is 27.1. The topological polar surface area (TPSA) is 57.6 Å². The van der Waals surface area contributed by atoms with Crippen molar-refractivity contribution in [3.8, 4) is 0 Å². The molecule has 1 aromatic rings. The van der Waals surface area contributed by atoms with E-state index >= 15 is 0 Å². The van der Waals surface area contributed by atoms with E-state index in [0.29, 0.717) is 12.6 Å². The van der Waals surface area contributed by atoms with Crippen molar-refractivity contribution in [3.63, 3.8) is 0 Å². The summed E-state index contributed by atoms with van der Waals surface area (Å²) >= 11 is 1.64. The predicted octanol–water partition coefficient (Wildman–Crippen LogP) is 2.60. The molecular formula is C15H19NO3S. The highest BCUT2D eigenvalue weighted by Gasteiger charge is 2.67. The molecule has 2 saturated carbocycles. The molecule has 0 aliphatic heterocycles. The van der Waals surface area contributed by atoms with Crippen molar-refractivity contribution in [3.05, 3.63) is 22.4 Å². The number of carboxylic acid groups (broad SMARTS) is 1. The van der Waals surface area contributed by atoms with E-state index in [1.54, 1.807) is 11.3 Å². The quantitative estimate of drug-likeness (QED) is 0.908. The van der Waals surface area contributed by atoms with Crippen LogP contribution in [0, 0.1) is 17.3 Å². The largest absolute Gasteiger partial charge is 0.481 e. The van der Waals surface area contributed by atoms with E-state index in [2.05, 4.69) is 0 Å². The molecule has 0 bridgehead atoms. The predicted molar refractivity (Wildman–Crippen MR) is 76.3 cm³/mol. The maximum absolute atomic E-state index is 12.7. The Hall–Kier alpha value is -1.36. The van der Waals surface area contributed by atoms with Gasteiger partial charge in [0.1, 0.15) is 0 Å². The lowest BCUT2D eigenvalue weighted by molar-refractivity contribution is -0.142. The molecule has 0 spiro atoms. The third kappa shape index (κ3) is 2.24. The molecule has 3 rings (SSSR count). The summed E-state index contributed by atoms with van der Waals surface area (Å²) in [5.41, 5.74) is -0.411. The average molecular weight is 293 g/mol. The number of carbonyl (C=O) groups is 2. The number of carbonyl (C=O) groups excluding carboxylic acids is 1. The van der Waals surface area contributed by atoms with Crippen LogP contribution in [0.4, 0.5) is 0 Å². The van der Waals surface area contributed by atoms with Crippen molar-refractivity contribution in [1.82, 2.24) is 4.90 Å². The standard InChI is InChI=1S/C15H19NO3S/c1-15(2)11(12(15)14(18)19)13(17)16(9-5-6-9)8-10-4-3-7-20-10/h3-4,7,9,11-12H,5-6,8H2,1-2H3,(H,18,19)/t11-,12+/m1/s1. The van der Waals surface area contributed by atoms with Crippen molar-refractivity contribution in [1.29, 1.82) is 0 Å². The van der Waals surface area contributed by atoms with Crippen LogP contribution in [0.15, 0.2) is 17.5 Å². The van der Waals surface area contributed by atoms with Gasteiger partial charge in [-0.1, -0.05) is 19.9 Å². The van der Waals surface area contributed by atoms with Gasteiger partial charge in [0.15, 0.2) is 0 Å². The van der Waals surface area contributed by atoms with E-state index in [4.69, 9.17) is 0 Å². The second-order valence-electron chi connectivity index (χ2n) is 6.39. The molecule has 108 valence electrons. The van der Waals surface area contributed by atoms with Crippen molar-refractivity contribution < 1.29 is 14.7 Å². The lowest BCUT2D eigenvalue weighted by atomic mass is 10.1. The molecule has 2 aliphatic carbocycles. The molecule has 1 heterocycles. The molecule has 0 radical (unpaired) electrons. The maximum Gasteiger partial charge on any atom is 0.307 e. The summed E-state index contributed by atoms with van der Waals surface area (Å²) in [6.45, 7) is 4.38. The molecule has 1 aromatic heterocycles. The highest BCUT2D eigenvalue weighted by molar-refractivity contribution is 7.09. The zero-order chi connectivity index (χ0) is 14.5. The minimum Gasteiger partial charge on any atom is -0.481 e. The number of thiophene rings is 1. The lowest BCUT2D eigenvalue weighted by Gasteiger charge is -2.22. The van der Waals surface area contributed by atoms with E-state index in [0.717, 1.165) is 17.7 Å². The molecule has 1 N–H and O–H groups in total. The fourth-order valence-corrected chi connectivity index (χ4v) is 3.78. The molecule has 1 amide bonds. The number of hydrogen-bond donors (Lipinski definition) is 1. The van der Waals surface area contributed by atoms with Crippen molar-refractivity contribution >= 4 is 23.2 Å². The maximum atomic E-state index is 12.7. The van der Waals surface area contributed by atoms with Crippen LogP contribution < -0.4 is 0 Å². The van der Waals surface area contributed by atoms with Gasteiger partial charge >= 0.3 is 5.97 Å². The molecule has 0 aromatic carbocycles. The molecule has 4 nitrogen and oxygen atoms in total. The van der Waals surface area contributed by atoms with Gasteiger partial charge in [0.25, 0.3) is 0 Å². The molecule has 20 heavy (non-hydrogen) atoms. The van der Waals surface area contributed by atoms with Gasteiger partial charge < -0.3 is 10.0 Å². The van der Waals surface area contributed by atoms with Crippen LogP contribution in [0.3, 0.4) is 0 Å². The van der Waals surface area contributed by atoms with Gasteiger partial charge in [0.05, 0.1) is 18.4 Å². The minimum absolute atomic E-state index is 0.0262. The molecule has 2 fully saturated rings. The van der Waals surface area contributed by atoms with E-state index in [1.165, 1.54) is 0 Å². The first-order valence-electron chi connectivity index (χ1n) is 6.98. The van der Waals surface area contributed by atoms with Crippen molar-refractivity contribution in [2.75, 3.05) is 0 Å². The van der Waals surface area contributed by atoms with Crippen LogP contribution in [0.25, 0.3) is 0 Å².